The number of anilines is 1. The summed E-state index contributed by atoms with van der Waals surface area (Å²) in [5, 5.41) is 6.17. The van der Waals surface area contributed by atoms with Gasteiger partial charge in [0.15, 0.2) is 0 Å². The molecule has 0 fully saturated rings. The maximum absolute atomic E-state index is 13.1. The van der Waals surface area contributed by atoms with E-state index in [1.807, 2.05) is 32.0 Å². The first-order valence-electron chi connectivity index (χ1n) is 8.22. The second-order valence-corrected chi connectivity index (χ2v) is 6.50. The van der Waals surface area contributed by atoms with Gasteiger partial charge in [0.1, 0.15) is 5.82 Å². The van der Waals surface area contributed by atoms with Gasteiger partial charge >= 0.3 is 0 Å². The molecule has 2 aromatic rings. The third-order valence-corrected chi connectivity index (χ3v) is 4.17. The predicted molar refractivity (Wildman–Crippen MR) is 96.5 cm³/mol. The zero-order chi connectivity index (χ0) is 17.7. The van der Waals surface area contributed by atoms with E-state index in [-0.39, 0.29) is 30.2 Å². The largest absolute Gasteiger partial charge is 0.325 e. The third kappa shape index (κ3) is 4.90. The Kier molecular flexibility index (Phi) is 6.10. The molecular formula is C20H25FN2O. The highest BCUT2D eigenvalue weighted by molar-refractivity contribution is 5.92. The summed E-state index contributed by atoms with van der Waals surface area (Å²) in [5.74, 6) is -0.0652. The summed E-state index contributed by atoms with van der Waals surface area (Å²) in [4.78, 5) is 12.2. The lowest BCUT2D eigenvalue weighted by atomic mass is 9.96. The van der Waals surface area contributed by atoms with E-state index in [2.05, 4.69) is 24.5 Å². The minimum absolute atomic E-state index is 0.00361. The van der Waals surface area contributed by atoms with Crippen LogP contribution in [-0.2, 0) is 4.79 Å². The highest BCUT2D eigenvalue weighted by atomic mass is 19.1. The van der Waals surface area contributed by atoms with Crippen molar-refractivity contribution in [2.24, 2.45) is 5.92 Å². The monoisotopic (exact) mass is 328 g/mol. The number of rotatable bonds is 6. The number of halogens is 1. The van der Waals surface area contributed by atoms with Crippen molar-refractivity contribution >= 4 is 11.6 Å². The molecule has 0 aliphatic rings. The van der Waals surface area contributed by atoms with Crippen molar-refractivity contribution in [3.05, 3.63) is 65.0 Å². The lowest BCUT2D eigenvalue weighted by molar-refractivity contribution is -0.115. The second-order valence-electron chi connectivity index (χ2n) is 6.50. The van der Waals surface area contributed by atoms with Crippen molar-refractivity contribution < 1.29 is 9.18 Å². The molecule has 0 aliphatic carbocycles. The van der Waals surface area contributed by atoms with E-state index in [4.69, 9.17) is 0 Å². The first-order chi connectivity index (χ1) is 11.4. The average molecular weight is 328 g/mol. The zero-order valence-corrected chi connectivity index (χ0v) is 14.7. The molecule has 24 heavy (non-hydrogen) atoms. The lowest BCUT2D eigenvalue weighted by Crippen LogP contribution is -2.33. The van der Waals surface area contributed by atoms with Crippen molar-refractivity contribution in [3.8, 4) is 0 Å². The van der Waals surface area contributed by atoms with Crippen molar-refractivity contribution in [2.75, 3.05) is 11.9 Å². The minimum Gasteiger partial charge on any atom is -0.325 e. The zero-order valence-electron chi connectivity index (χ0n) is 14.7. The van der Waals surface area contributed by atoms with Crippen LogP contribution in [0.15, 0.2) is 42.5 Å². The number of amides is 1. The Morgan fingerprint density at radius 3 is 2.29 bits per heavy atom. The van der Waals surface area contributed by atoms with Crippen LogP contribution in [0.1, 0.15) is 36.6 Å². The summed E-state index contributed by atoms with van der Waals surface area (Å²) in [6.07, 6.45) is 0. The van der Waals surface area contributed by atoms with Crippen molar-refractivity contribution in [2.45, 2.75) is 33.7 Å². The fourth-order valence-corrected chi connectivity index (χ4v) is 2.64. The van der Waals surface area contributed by atoms with E-state index in [1.54, 1.807) is 12.1 Å². The van der Waals surface area contributed by atoms with Crippen LogP contribution >= 0.6 is 0 Å². The van der Waals surface area contributed by atoms with Crippen LogP contribution in [0.5, 0.6) is 0 Å². The molecule has 0 aliphatic heterocycles. The average Bonchev–Trinajstić information content (AvgIpc) is 2.52. The molecule has 2 N–H and O–H groups in total. The number of aryl methyl sites for hydroxylation is 2. The highest BCUT2D eigenvalue weighted by Crippen LogP contribution is 2.21. The van der Waals surface area contributed by atoms with Crippen molar-refractivity contribution in [1.29, 1.82) is 0 Å². The Morgan fingerprint density at radius 1 is 1.04 bits per heavy atom. The van der Waals surface area contributed by atoms with Crippen LogP contribution in [0.4, 0.5) is 10.1 Å². The van der Waals surface area contributed by atoms with Crippen molar-refractivity contribution in [3.63, 3.8) is 0 Å². The Labute approximate surface area is 143 Å². The molecule has 1 atom stereocenters. The molecule has 3 nitrogen and oxygen atoms in total. The molecule has 2 rings (SSSR count). The van der Waals surface area contributed by atoms with Gasteiger partial charge in [-0.1, -0.05) is 32.0 Å². The molecule has 0 bridgehead atoms. The summed E-state index contributed by atoms with van der Waals surface area (Å²) in [5.41, 5.74) is 4.12. The molecule has 0 spiro atoms. The predicted octanol–water partition coefficient (Wildman–Crippen LogP) is 4.37. The van der Waals surface area contributed by atoms with Gasteiger partial charge in [-0.3, -0.25) is 4.79 Å². The SMILES string of the molecule is Cc1ccc(NC(=O)CN[C@@H](c2ccc(F)cc2)C(C)C)cc1C. The summed E-state index contributed by atoms with van der Waals surface area (Å²) in [7, 11) is 0. The van der Waals surface area contributed by atoms with Gasteiger partial charge in [0, 0.05) is 11.7 Å². The normalized spacial score (nSPS) is 12.2. The Bertz CT molecular complexity index is 695. The minimum atomic E-state index is -0.256. The number of hydrogen-bond donors (Lipinski definition) is 2. The topological polar surface area (TPSA) is 41.1 Å². The van der Waals surface area contributed by atoms with Crippen molar-refractivity contribution in [1.82, 2.24) is 5.32 Å². The van der Waals surface area contributed by atoms with E-state index in [1.165, 1.54) is 17.7 Å². The summed E-state index contributed by atoms with van der Waals surface area (Å²) < 4.78 is 13.1. The van der Waals surface area contributed by atoms with E-state index in [9.17, 15) is 9.18 Å². The molecule has 0 radical (unpaired) electrons. The molecule has 0 heterocycles. The van der Waals surface area contributed by atoms with E-state index >= 15 is 0 Å². The number of nitrogens with one attached hydrogen (secondary N) is 2. The molecule has 128 valence electrons. The van der Waals surface area contributed by atoms with Gasteiger partial charge < -0.3 is 10.6 Å². The Morgan fingerprint density at radius 2 is 1.71 bits per heavy atom. The van der Waals surface area contributed by atoms with Crippen LogP contribution in [0.3, 0.4) is 0 Å². The third-order valence-electron chi connectivity index (χ3n) is 4.17. The van der Waals surface area contributed by atoms with Crippen LogP contribution in [-0.4, -0.2) is 12.5 Å². The van der Waals surface area contributed by atoms with E-state index in [0.717, 1.165) is 16.8 Å². The molecular weight excluding hydrogens is 303 g/mol. The molecule has 0 aromatic heterocycles. The lowest BCUT2D eigenvalue weighted by Gasteiger charge is -2.23. The van der Waals surface area contributed by atoms with Gasteiger partial charge in [-0.05, 0) is 60.7 Å². The fraction of sp³-hybridized carbons (Fsp3) is 0.350. The quantitative estimate of drug-likeness (QED) is 0.827. The highest BCUT2D eigenvalue weighted by Gasteiger charge is 2.16. The van der Waals surface area contributed by atoms with Crippen LogP contribution in [0.25, 0.3) is 0 Å². The molecule has 1 amide bonds. The van der Waals surface area contributed by atoms with Gasteiger partial charge in [-0.15, -0.1) is 0 Å². The van der Waals surface area contributed by atoms with Gasteiger partial charge in [0.2, 0.25) is 5.91 Å². The Hall–Kier alpha value is -2.20. The molecule has 2 aromatic carbocycles. The summed E-state index contributed by atoms with van der Waals surface area (Å²) in [6.45, 7) is 8.41. The van der Waals surface area contributed by atoms with E-state index in [0.29, 0.717) is 0 Å². The van der Waals surface area contributed by atoms with Crippen LogP contribution in [0, 0.1) is 25.6 Å². The number of carbonyl (C=O) groups is 1. The molecule has 0 saturated heterocycles. The fourth-order valence-electron chi connectivity index (χ4n) is 2.64. The second kappa shape index (κ2) is 8.06. The standard InChI is InChI=1S/C20H25FN2O/c1-13(2)20(16-6-8-17(21)9-7-16)22-12-19(24)23-18-10-5-14(3)15(4)11-18/h5-11,13,20,22H,12H2,1-4H3,(H,23,24)/t20-/m1/s1. The summed E-state index contributed by atoms with van der Waals surface area (Å²) in [6, 6.07) is 12.3. The van der Waals surface area contributed by atoms with Gasteiger partial charge in [0.05, 0.1) is 6.54 Å². The van der Waals surface area contributed by atoms with Gasteiger partial charge in [0.25, 0.3) is 0 Å². The van der Waals surface area contributed by atoms with Crippen LogP contribution in [0.2, 0.25) is 0 Å². The number of hydrogen-bond acceptors (Lipinski definition) is 2. The smallest absolute Gasteiger partial charge is 0.238 e. The van der Waals surface area contributed by atoms with Gasteiger partial charge in [-0.2, -0.15) is 0 Å². The maximum atomic E-state index is 13.1. The number of carbonyl (C=O) groups excluding carboxylic acids is 1. The molecule has 4 heteroatoms. The van der Waals surface area contributed by atoms with Gasteiger partial charge in [-0.25, -0.2) is 4.39 Å². The number of benzene rings is 2. The maximum Gasteiger partial charge on any atom is 0.238 e. The first kappa shape index (κ1) is 18.1. The molecule has 0 unspecified atom stereocenters. The van der Waals surface area contributed by atoms with Crippen LogP contribution < -0.4 is 10.6 Å². The first-order valence-corrected chi connectivity index (χ1v) is 8.22. The molecule has 0 saturated carbocycles. The summed E-state index contributed by atoms with van der Waals surface area (Å²) >= 11 is 0. The van der Waals surface area contributed by atoms with E-state index < -0.39 is 0 Å². The Balaban J connectivity index is 1.97.